The number of carbonyl (C=O) groups excluding carboxylic acids is 2. The Morgan fingerprint density at radius 3 is 2.54 bits per heavy atom. The molecule has 3 saturated carbocycles. The lowest BCUT2D eigenvalue weighted by Crippen LogP contribution is -2.84. The number of fused-ring (bicyclic) bond motifs is 1. The minimum absolute atomic E-state index is 0.0340. The Hall–Kier alpha value is -2.28. The molecule has 2 amide bonds. The standard InChI is InChI=1S/C16H15ClN2O5/c17-8-1-2-11-9(3-8)10(20)4-12(24-11)13(21)18-15-5-16(6-15,7-15)19-14(22)23/h1-3,12,19H,4-7H2,(H,18,21)(H,22,23). The highest BCUT2D eigenvalue weighted by Crippen LogP contribution is 2.60. The van der Waals surface area contributed by atoms with Crippen LogP contribution < -0.4 is 15.4 Å². The molecule has 24 heavy (non-hydrogen) atoms. The van der Waals surface area contributed by atoms with Crippen LogP contribution in [0, 0.1) is 0 Å². The highest BCUT2D eigenvalue weighted by atomic mass is 35.5. The van der Waals surface area contributed by atoms with E-state index in [1.807, 2.05) is 0 Å². The van der Waals surface area contributed by atoms with Crippen molar-refractivity contribution >= 4 is 29.4 Å². The highest BCUT2D eigenvalue weighted by molar-refractivity contribution is 6.31. The molecule has 126 valence electrons. The van der Waals surface area contributed by atoms with Gasteiger partial charge in [-0.25, -0.2) is 4.79 Å². The second-order valence-electron chi connectivity index (χ2n) is 6.88. The lowest BCUT2D eigenvalue weighted by molar-refractivity contribution is -0.146. The number of hydrogen-bond acceptors (Lipinski definition) is 4. The number of hydrogen-bond donors (Lipinski definition) is 3. The molecule has 8 heteroatoms. The Morgan fingerprint density at radius 1 is 1.21 bits per heavy atom. The van der Waals surface area contributed by atoms with E-state index in [1.165, 1.54) is 6.07 Å². The average Bonchev–Trinajstić information content (AvgIpc) is 2.43. The normalized spacial score (nSPS) is 32.5. The molecule has 3 N–H and O–H groups in total. The number of ether oxygens (including phenoxy) is 1. The SMILES string of the molecule is O=C(O)NC12CC(NC(=O)C3CC(=O)c4cc(Cl)ccc4O3)(C1)C2. The lowest BCUT2D eigenvalue weighted by Gasteiger charge is -2.70. The van der Waals surface area contributed by atoms with Crippen LogP contribution in [0.5, 0.6) is 5.75 Å². The van der Waals surface area contributed by atoms with Gasteiger partial charge in [-0.3, -0.25) is 9.59 Å². The van der Waals surface area contributed by atoms with Gasteiger partial charge >= 0.3 is 6.09 Å². The summed E-state index contributed by atoms with van der Waals surface area (Å²) in [4.78, 5) is 35.3. The van der Waals surface area contributed by atoms with Crippen LogP contribution in [0.25, 0.3) is 0 Å². The Kier molecular flexibility index (Phi) is 3.09. The number of benzene rings is 1. The number of carboxylic acid groups (broad SMARTS) is 1. The summed E-state index contributed by atoms with van der Waals surface area (Å²) in [5, 5.41) is 14.6. The number of carbonyl (C=O) groups is 3. The molecule has 5 rings (SSSR count). The van der Waals surface area contributed by atoms with Crippen LogP contribution in [0.4, 0.5) is 4.79 Å². The van der Waals surface area contributed by atoms with Gasteiger partial charge in [0.25, 0.3) is 5.91 Å². The van der Waals surface area contributed by atoms with Crippen LogP contribution >= 0.6 is 11.6 Å². The molecular weight excluding hydrogens is 336 g/mol. The quantitative estimate of drug-likeness (QED) is 0.770. The first-order valence-corrected chi connectivity index (χ1v) is 8.00. The molecular formula is C16H15ClN2O5. The zero-order chi connectivity index (χ0) is 17.1. The molecule has 0 radical (unpaired) electrons. The third-order valence-electron chi connectivity index (χ3n) is 4.97. The maximum absolute atomic E-state index is 12.4. The Balaban J connectivity index is 1.40. The van der Waals surface area contributed by atoms with Crippen LogP contribution in [-0.4, -0.2) is 40.1 Å². The van der Waals surface area contributed by atoms with Gasteiger partial charge in [0.1, 0.15) is 5.75 Å². The van der Waals surface area contributed by atoms with E-state index in [1.54, 1.807) is 12.1 Å². The second kappa shape index (κ2) is 4.86. The lowest BCUT2D eigenvalue weighted by atomic mass is 9.44. The first kappa shape index (κ1) is 15.3. The number of nitrogens with one attached hydrogen (secondary N) is 2. The third-order valence-corrected chi connectivity index (χ3v) is 5.20. The zero-order valence-electron chi connectivity index (χ0n) is 12.6. The number of Topliss-reactive ketones (excluding diaryl/α,β-unsaturated/α-hetero) is 1. The van der Waals surface area contributed by atoms with E-state index in [0.717, 1.165) is 0 Å². The fourth-order valence-corrected chi connectivity index (χ4v) is 4.24. The van der Waals surface area contributed by atoms with Crippen LogP contribution in [0.2, 0.25) is 5.02 Å². The summed E-state index contributed by atoms with van der Waals surface area (Å²) in [5.74, 6) is -0.162. The Labute approximate surface area is 142 Å². The van der Waals surface area contributed by atoms with E-state index < -0.39 is 17.7 Å². The molecule has 0 saturated heterocycles. The number of halogens is 1. The summed E-state index contributed by atoms with van der Waals surface area (Å²) in [6, 6.07) is 4.73. The minimum atomic E-state index is -1.05. The maximum atomic E-state index is 12.4. The second-order valence-corrected chi connectivity index (χ2v) is 7.32. The van der Waals surface area contributed by atoms with Crippen LogP contribution in [0.15, 0.2) is 18.2 Å². The number of rotatable bonds is 3. The van der Waals surface area contributed by atoms with Crippen molar-refractivity contribution in [3.63, 3.8) is 0 Å². The summed E-state index contributed by atoms with van der Waals surface area (Å²) < 4.78 is 5.64. The Morgan fingerprint density at radius 2 is 1.88 bits per heavy atom. The van der Waals surface area contributed by atoms with Crippen molar-refractivity contribution in [3.05, 3.63) is 28.8 Å². The number of ketones is 1. The molecule has 2 bridgehead atoms. The summed E-state index contributed by atoms with van der Waals surface area (Å²) in [7, 11) is 0. The third kappa shape index (κ3) is 2.31. The van der Waals surface area contributed by atoms with E-state index in [4.69, 9.17) is 21.4 Å². The highest BCUT2D eigenvalue weighted by Gasteiger charge is 2.69. The van der Waals surface area contributed by atoms with E-state index in [-0.39, 0.29) is 23.7 Å². The van der Waals surface area contributed by atoms with Crippen LogP contribution in [0.1, 0.15) is 36.0 Å². The van der Waals surface area contributed by atoms with Gasteiger partial charge < -0.3 is 20.5 Å². The number of amides is 2. The van der Waals surface area contributed by atoms with E-state index in [2.05, 4.69) is 10.6 Å². The van der Waals surface area contributed by atoms with Crippen molar-refractivity contribution < 1.29 is 24.2 Å². The fourth-order valence-electron chi connectivity index (χ4n) is 4.06. The van der Waals surface area contributed by atoms with Gasteiger partial charge in [0, 0.05) is 10.6 Å². The molecule has 1 aromatic carbocycles. The summed E-state index contributed by atoms with van der Waals surface area (Å²) in [6.45, 7) is 0. The van der Waals surface area contributed by atoms with Gasteiger partial charge in [0.05, 0.1) is 17.5 Å². The van der Waals surface area contributed by atoms with Crippen molar-refractivity contribution in [2.75, 3.05) is 0 Å². The Bertz CT molecular complexity index is 758. The predicted molar refractivity (Wildman–Crippen MR) is 83.4 cm³/mol. The first-order chi connectivity index (χ1) is 11.3. The van der Waals surface area contributed by atoms with Gasteiger partial charge in [-0.1, -0.05) is 11.6 Å². The van der Waals surface area contributed by atoms with E-state index in [0.29, 0.717) is 35.6 Å². The molecule has 3 fully saturated rings. The summed E-state index contributed by atoms with van der Waals surface area (Å²) in [5.41, 5.74) is -0.376. The van der Waals surface area contributed by atoms with Crippen LogP contribution in [0.3, 0.4) is 0 Å². The van der Waals surface area contributed by atoms with Gasteiger partial charge in [0.2, 0.25) is 0 Å². The van der Waals surface area contributed by atoms with E-state index >= 15 is 0 Å². The smallest absolute Gasteiger partial charge is 0.405 e. The molecule has 0 spiro atoms. The maximum Gasteiger partial charge on any atom is 0.405 e. The van der Waals surface area contributed by atoms with Crippen molar-refractivity contribution in [1.29, 1.82) is 0 Å². The molecule has 3 aliphatic carbocycles. The summed E-state index contributed by atoms with van der Waals surface area (Å²) in [6.07, 6.45) is -0.233. The largest absolute Gasteiger partial charge is 0.479 e. The van der Waals surface area contributed by atoms with Crippen molar-refractivity contribution in [2.45, 2.75) is 42.9 Å². The average molecular weight is 351 g/mol. The fraction of sp³-hybridized carbons (Fsp3) is 0.438. The van der Waals surface area contributed by atoms with Gasteiger partial charge in [-0.2, -0.15) is 0 Å². The van der Waals surface area contributed by atoms with E-state index in [9.17, 15) is 14.4 Å². The molecule has 0 aromatic heterocycles. The molecule has 4 aliphatic rings. The molecule has 1 atom stereocenters. The van der Waals surface area contributed by atoms with Crippen molar-refractivity contribution in [3.8, 4) is 5.75 Å². The topological polar surface area (TPSA) is 105 Å². The van der Waals surface area contributed by atoms with Gasteiger partial charge in [0.15, 0.2) is 11.9 Å². The molecule has 1 aromatic rings. The zero-order valence-corrected chi connectivity index (χ0v) is 13.4. The molecule has 1 unspecified atom stereocenters. The van der Waals surface area contributed by atoms with Crippen molar-refractivity contribution in [2.24, 2.45) is 0 Å². The molecule has 7 nitrogen and oxygen atoms in total. The molecule has 1 aliphatic heterocycles. The van der Waals surface area contributed by atoms with Crippen LogP contribution in [-0.2, 0) is 4.79 Å². The first-order valence-electron chi connectivity index (χ1n) is 7.62. The van der Waals surface area contributed by atoms with Gasteiger partial charge in [-0.15, -0.1) is 0 Å². The molecule has 1 heterocycles. The van der Waals surface area contributed by atoms with Gasteiger partial charge in [-0.05, 0) is 37.5 Å². The summed E-state index contributed by atoms with van der Waals surface area (Å²) >= 11 is 5.87. The minimum Gasteiger partial charge on any atom is -0.479 e. The monoisotopic (exact) mass is 350 g/mol. The predicted octanol–water partition coefficient (Wildman–Crippen LogP) is 1.73. The van der Waals surface area contributed by atoms with Crippen molar-refractivity contribution in [1.82, 2.24) is 10.6 Å².